The third-order valence-electron chi connectivity index (χ3n) is 8.18. The van der Waals surface area contributed by atoms with Gasteiger partial charge in [0.1, 0.15) is 0 Å². The minimum Gasteiger partial charge on any atom is -0.392 e. The zero-order chi connectivity index (χ0) is 24.5. The number of nitrogens with zero attached hydrogens (tertiary/aromatic N) is 1. The molecule has 1 aromatic heterocycles. The number of rotatable bonds is 3. The van der Waals surface area contributed by atoms with Crippen molar-refractivity contribution >= 4 is 10.9 Å². The van der Waals surface area contributed by atoms with E-state index in [4.69, 9.17) is 4.98 Å². The Balaban J connectivity index is 0.000000195. The summed E-state index contributed by atoms with van der Waals surface area (Å²) in [6.07, 6.45) is 3.86. The standard InChI is InChI=1S/C18H16N.C13H24O2.Ir/c1-13(2)15-9-6-10-18-16(15)11-12-17(19-18)14-7-4-3-5-8-14;1-4-8-5-6-9-7-13(2,3)12(15)10(9)11(8)14;/h3-7,9-13H,1-2H3;8-12,14-15H,4-7H2,1-3H3;/q-1;;/t;8-,9?,10?,11?,12?;/m.1./s1. The summed E-state index contributed by atoms with van der Waals surface area (Å²) in [5, 5.41) is 21.8. The molecule has 1 heterocycles. The Morgan fingerprint density at radius 1 is 1.03 bits per heavy atom. The number of benzene rings is 2. The van der Waals surface area contributed by atoms with Gasteiger partial charge in [-0.2, -0.15) is 0 Å². The second-order valence-corrected chi connectivity index (χ2v) is 11.3. The van der Waals surface area contributed by atoms with E-state index in [1.165, 1.54) is 17.4 Å². The van der Waals surface area contributed by atoms with Crippen molar-refractivity contribution in [2.45, 2.75) is 78.4 Å². The fourth-order valence-electron chi connectivity index (χ4n) is 6.22. The second kappa shape index (κ2) is 11.6. The Kier molecular flexibility index (Phi) is 9.32. The Morgan fingerprint density at radius 3 is 2.46 bits per heavy atom. The molecule has 35 heavy (non-hydrogen) atoms. The van der Waals surface area contributed by atoms with Crippen LogP contribution in [0.25, 0.3) is 22.2 Å². The van der Waals surface area contributed by atoms with E-state index in [0.29, 0.717) is 17.8 Å². The van der Waals surface area contributed by atoms with Gasteiger partial charge in [0.2, 0.25) is 0 Å². The summed E-state index contributed by atoms with van der Waals surface area (Å²) in [7, 11) is 0. The maximum atomic E-state index is 10.3. The summed E-state index contributed by atoms with van der Waals surface area (Å²) in [6, 6.07) is 21.8. The Hall–Kier alpha value is -1.58. The van der Waals surface area contributed by atoms with E-state index in [9.17, 15) is 10.2 Å². The van der Waals surface area contributed by atoms with Crippen LogP contribution in [0.2, 0.25) is 0 Å². The molecule has 3 nitrogen and oxygen atoms in total. The molecule has 2 fully saturated rings. The SMILES string of the molecule is CC(C)c1cccc2nc(-c3[c-]cccc3)ccc12.CC[C@@H]1CCC2CC(C)(C)C(O)C2C1O.[Ir]. The molecule has 3 aromatic rings. The van der Waals surface area contributed by atoms with Crippen LogP contribution in [0.5, 0.6) is 0 Å². The van der Waals surface area contributed by atoms with Crippen LogP contribution < -0.4 is 0 Å². The molecular formula is C31H40IrNO2-. The van der Waals surface area contributed by atoms with Crippen LogP contribution in [-0.2, 0) is 20.1 Å². The molecule has 2 aliphatic rings. The van der Waals surface area contributed by atoms with E-state index < -0.39 is 0 Å². The average Bonchev–Trinajstić information content (AvgIpc) is 3.08. The molecule has 4 heteroatoms. The average molecular weight is 651 g/mol. The first kappa shape index (κ1) is 28.0. The summed E-state index contributed by atoms with van der Waals surface area (Å²) in [6.45, 7) is 10.8. The van der Waals surface area contributed by atoms with Gasteiger partial charge in [0.15, 0.2) is 0 Å². The van der Waals surface area contributed by atoms with Gasteiger partial charge in [0.05, 0.1) is 17.7 Å². The van der Waals surface area contributed by atoms with E-state index >= 15 is 0 Å². The first-order valence-corrected chi connectivity index (χ1v) is 13.0. The summed E-state index contributed by atoms with van der Waals surface area (Å²) >= 11 is 0. The topological polar surface area (TPSA) is 53.4 Å². The van der Waals surface area contributed by atoms with Gasteiger partial charge in [-0.15, -0.1) is 35.9 Å². The molecule has 1 radical (unpaired) electrons. The van der Waals surface area contributed by atoms with Crippen molar-refractivity contribution in [1.29, 1.82) is 0 Å². The second-order valence-electron chi connectivity index (χ2n) is 11.3. The van der Waals surface area contributed by atoms with Crippen molar-refractivity contribution in [3.8, 4) is 11.3 Å². The number of aromatic nitrogens is 1. The number of aliphatic hydroxyl groups excluding tert-OH is 2. The van der Waals surface area contributed by atoms with E-state index in [1.807, 2.05) is 24.3 Å². The minimum absolute atomic E-state index is 0. The third kappa shape index (κ3) is 5.88. The molecule has 0 saturated heterocycles. The van der Waals surface area contributed by atoms with Crippen LogP contribution >= 0.6 is 0 Å². The molecule has 2 aromatic carbocycles. The normalized spacial score (nSPS) is 27.0. The molecule has 2 N–H and O–H groups in total. The van der Waals surface area contributed by atoms with Gasteiger partial charge in [-0.1, -0.05) is 65.3 Å². The van der Waals surface area contributed by atoms with Crippen molar-refractivity contribution < 1.29 is 30.3 Å². The molecule has 2 saturated carbocycles. The molecule has 0 bridgehead atoms. The summed E-state index contributed by atoms with van der Waals surface area (Å²) in [5.41, 5.74) is 4.43. The molecule has 5 atom stereocenters. The molecule has 2 aliphatic carbocycles. The van der Waals surface area contributed by atoms with E-state index in [0.717, 1.165) is 36.0 Å². The van der Waals surface area contributed by atoms with Crippen LogP contribution in [-0.4, -0.2) is 27.4 Å². The zero-order valence-corrected chi connectivity index (χ0v) is 24.1. The summed E-state index contributed by atoms with van der Waals surface area (Å²) < 4.78 is 0. The molecule has 0 amide bonds. The summed E-state index contributed by atoms with van der Waals surface area (Å²) in [5.74, 6) is 1.61. The van der Waals surface area contributed by atoms with Crippen molar-refractivity contribution in [2.75, 3.05) is 0 Å². The number of hydrogen-bond donors (Lipinski definition) is 2. The van der Waals surface area contributed by atoms with Crippen LogP contribution in [0.1, 0.15) is 71.8 Å². The largest absolute Gasteiger partial charge is 0.392 e. The van der Waals surface area contributed by atoms with Gasteiger partial charge in [-0.25, -0.2) is 0 Å². The van der Waals surface area contributed by atoms with Gasteiger partial charge in [-0.05, 0) is 59.8 Å². The van der Waals surface area contributed by atoms with Crippen molar-refractivity contribution in [3.05, 3.63) is 66.2 Å². The molecule has 0 spiro atoms. The number of aliphatic hydroxyl groups is 2. The van der Waals surface area contributed by atoms with Crippen LogP contribution in [0.3, 0.4) is 0 Å². The van der Waals surface area contributed by atoms with E-state index in [-0.39, 0.29) is 43.6 Å². The maximum absolute atomic E-state index is 10.3. The fourth-order valence-corrected chi connectivity index (χ4v) is 6.22. The number of fused-ring (bicyclic) bond motifs is 2. The maximum Gasteiger partial charge on any atom is 0.0646 e. The van der Waals surface area contributed by atoms with E-state index in [1.54, 1.807) is 0 Å². The van der Waals surface area contributed by atoms with Gasteiger partial charge in [-0.3, -0.25) is 4.98 Å². The molecule has 5 rings (SSSR count). The van der Waals surface area contributed by atoms with Crippen molar-refractivity contribution in [2.24, 2.45) is 23.2 Å². The molecule has 191 valence electrons. The Labute approximate surface area is 224 Å². The predicted octanol–water partition coefficient (Wildman–Crippen LogP) is 7.01. The van der Waals surface area contributed by atoms with Crippen LogP contribution in [0.15, 0.2) is 54.6 Å². The number of pyridine rings is 1. The van der Waals surface area contributed by atoms with Crippen LogP contribution in [0, 0.1) is 29.2 Å². The smallest absolute Gasteiger partial charge is 0.0646 e. The fraction of sp³-hybridized carbons (Fsp3) is 0.516. The monoisotopic (exact) mass is 651 g/mol. The van der Waals surface area contributed by atoms with Gasteiger partial charge in [0.25, 0.3) is 0 Å². The third-order valence-corrected chi connectivity index (χ3v) is 8.18. The molecule has 4 unspecified atom stereocenters. The zero-order valence-electron chi connectivity index (χ0n) is 21.7. The predicted molar refractivity (Wildman–Crippen MR) is 141 cm³/mol. The Morgan fingerprint density at radius 2 is 1.80 bits per heavy atom. The first-order chi connectivity index (χ1) is 16.2. The molecule has 0 aliphatic heterocycles. The first-order valence-electron chi connectivity index (χ1n) is 13.0. The minimum atomic E-state index is -0.313. The molecular weight excluding hydrogens is 611 g/mol. The van der Waals surface area contributed by atoms with Gasteiger partial charge in [0, 0.05) is 31.4 Å². The van der Waals surface area contributed by atoms with Crippen molar-refractivity contribution in [1.82, 2.24) is 4.98 Å². The van der Waals surface area contributed by atoms with E-state index in [2.05, 4.69) is 71.0 Å². The van der Waals surface area contributed by atoms with Gasteiger partial charge >= 0.3 is 0 Å². The Bertz CT molecular complexity index is 1100. The van der Waals surface area contributed by atoms with Gasteiger partial charge < -0.3 is 10.2 Å². The number of hydrogen-bond acceptors (Lipinski definition) is 3. The van der Waals surface area contributed by atoms with Crippen molar-refractivity contribution in [3.63, 3.8) is 0 Å². The summed E-state index contributed by atoms with van der Waals surface area (Å²) in [4.78, 5) is 4.76. The van der Waals surface area contributed by atoms with Crippen LogP contribution in [0.4, 0.5) is 0 Å². The quantitative estimate of drug-likeness (QED) is 0.300.